The summed E-state index contributed by atoms with van der Waals surface area (Å²) in [5.74, 6) is -0.195. The highest BCUT2D eigenvalue weighted by Gasteiger charge is 2.21. The molecule has 0 bridgehead atoms. The van der Waals surface area contributed by atoms with Crippen molar-refractivity contribution in [2.24, 2.45) is 0 Å². The Morgan fingerprint density at radius 2 is 2.16 bits per heavy atom. The van der Waals surface area contributed by atoms with Gasteiger partial charge in [0, 0.05) is 5.69 Å². The van der Waals surface area contributed by atoms with E-state index in [4.69, 9.17) is 5.73 Å². The van der Waals surface area contributed by atoms with Crippen LogP contribution < -0.4 is 11.3 Å². The molecule has 100 valence electrons. The fourth-order valence-corrected chi connectivity index (χ4v) is 3.37. The molecule has 0 saturated carbocycles. The van der Waals surface area contributed by atoms with Gasteiger partial charge in [-0.1, -0.05) is 6.92 Å². The number of rotatable bonds is 3. The topological polar surface area (TPSA) is 75.9 Å². The number of hydrogen-bond acceptors (Lipinski definition) is 4. The molecule has 0 aliphatic heterocycles. The third-order valence-electron chi connectivity index (χ3n) is 2.95. The average molecular weight is 341 g/mol. The molecule has 0 aromatic carbocycles. The summed E-state index contributed by atoms with van der Waals surface area (Å²) in [6.07, 6.45) is 0.639. The lowest BCUT2D eigenvalue weighted by Crippen LogP contribution is -2.21. The average Bonchev–Trinajstić information content (AvgIpc) is 2.79. The number of anilines is 1. The smallest absolute Gasteiger partial charge is 0.272 e. The van der Waals surface area contributed by atoms with Crippen LogP contribution in [0.15, 0.2) is 20.7 Å². The number of carbonyl (C=O) groups excluding carboxylic acids is 1. The molecule has 0 aliphatic rings. The van der Waals surface area contributed by atoms with Gasteiger partial charge in [-0.25, -0.2) is 0 Å². The van der Waals surface area contributed by atoms with E-state index in [1.165, 1.54) is 11.3 Å². The summed E-state index contributed by atoms with van der Waals surface area (Å²) in [5, 5.41) is 0. The van der Waals surface area contributed by atoms with Crippen LogP contribution in [-0.4, -0.2) is 10.8 Å². The van der Waals surface area contributed by atoms with Crippen LogP contribution in [0.4, 0.5) is 5.69 Å². The molecule has 0 unspecified atom stereocenters. The van der Waals surface area contributed by atoms with Crippen LogP contribution in [0.5, 0.6) is 0 Å². The van der Waals surface area contributed by atoms with Gasteiger partial charge in [-0.2, -0.15) is 0 Å². The standard InChI is InChI=1S/C13H13BrN2O2S/c1-3-7-6(2)16-13(18)11(15)10(7)12(17)8-4-5-9(14)19-8/h4-5H,3,15H2,1-2H3,(H,16,18). The van der Waals surface area contributed by atoms with E-state index in [1.807, 2.05) is 6.92 Å². The monoisotopic (exact) mass is 340 g/mol. The van der Waals surface area contributed by atoms with Gasteiger partial charge in [-0.3, -0.25) is 9.59 Å². The van der Waals surface area contributed by atoms with Crippen molar-refractivity contribution in [3.8, 4) is 0 Å². The van der Waals surface area contributed by atoms with Crippen molar-refractivity contribution in [1.82, 2.24) is 4.98 Å². The summed E-state index contributed by atoms with van der Waals surface area (Å²) < 4.78 is 0.869. The van der Waals surface area contributed by atoms with Crippen LogP contribution in [-0.2, 0) is 6.42 Å². The maximum Gasteiger partial charge on any atom is 0.272 e. The Hall–Kier alpha value is -1.40. The first-order chi connectivity index (χ1) is 8.95. The van der Waals surface area contributed by atoms with Gasteiger partial charge >= 0.3 is 0 Å². The zero-order valence-corrected chi connectivity index (χ0v) is 12.9. The van der Waals surface area contributed by atoms with Crippen LogP contribution in [0.2, 0.25) is 0 Å². The zero-order valence-electron chi connectivity index (χ0n) is 10.5. The van der Waals surface area contributed by atoms with Crippen molar-refractivity contribution in [3.63, 3.8) is 0 Å². The number of aromatic amines is 1. The Morgan fingerprint density at radius 3 is 2.68 bits per heavy atom. The molecule has 0 amide bonds. The van der Waals surface area contributed by atoms with E-state index in [1.54, 1.807) is 19.1 Å². The minimum atomic E-state index is -0.409. The number of nitrogens with two attached hydrogens (primary N) is 1. The summed E-state index contributed by atoms with van der Waals surface area (Å²) in [5.41, 5.74) is 7.21. The molecule has 2 aromatic heterocycles. The van der Waals surface area contributed by atoms with E-state index >= 15 is 0 Å². The second-order valence-corrected chi connectivity index (χ2v) is 6.60. The number of pyridine rings is 1. The summed E-state index contributed by atoms with van der Waals surface area (Å²) in [4.78, 5) is 27.5. The number of nitrogen functional groups attached to an aromatic ring is 1. The fraction of sp³-hybridized carbons (Fsp3) is 0.231. The predicted octanol–water partition coefficient (Wildman–Crippen LogP) is 2.88. The number of carbonyl (C=O) groups is 1. The minimum absolute atomic E-state index is 0.00280. The van der Waals surface area contributed by atoms with Gasteiger partial charge < -0.3 is 10.7 Å². The van der Waals surface area contributed by atoms with Crippen molar-refractivity contribution in [2.75, 3.05) is 5.73 Å². The third-order valence-corrected chi connectivity index (χ3v) is 4.57. The summed E-state index contributed by atoms with van der Waals surface area (Å²) in [6.45, 7) is 3.71. The Balaban J connectivity index is 2.68. The van der Waals surface area contributed by atoms with E-state index in [0.717, 1.165) is 9.35 Å². The number of hydrogen-bond donors (Lipinski definition) is 2. The molecule has 4 nitrogen and oxygen atoms in total. The number of H-pyrrole nitrogens is 1. The van der Waals surface area contributed by atoms with Crippen molar-refractivity contribution in [3.05, 3.63) is 48.0 Å². The Morgan fingerprint density at radius 1 is 1.47 bits per heavy atom. The lowest BCUT2D eigenvalue weighted by molar-refractivity contribution is 0.104. The molecule has 6 heteroatoms. The van der Waals surface area contributed by atoms with Gasteiger partial charge in [0.15, 0.2) is 0 Å². The lowest BCUT2D eigenvalue weighted by atomic mass is 9.98. The molecule has 0 saturated heterocycles. The van der Waals surface area contributed by atoms with Crippen LogP contribution in [0.25, 0.3) is 0 Å². The molecule has 2 aromatic rings. The van der Waals surface area contributed by atoms with Gasteiger partial charge in [0.1, 0.15) is 5.69 Å². The van der Waals surface area contributed by atoms with E-state index in [0.29, 0.717) is 22.6 Å². The normalized spacial score (nSPS) is 10.7. The molecule has 2 rings (SSSR count). The van der Waals surface area contributed by atoms with Crippen LogP contribution in [0, 0.1) is 6.92 Å². The maximum atomic E-state index is 12.5. The van der Waals surface area contributed by atoms with Gasteiger partial charge in [0.05, 0.1) is 14.2 Å². The summed E-state index contributed by atoms with van der Waals surface area (Å²) in [7, 11) is 0. The van der Waals surface area contributed by atoms with E-state index in [9.17, 15) is 9.59 Å². The highest BCUT2D eigenvalue weighted by Crippen LogP contribution is 2.27. The van der Waals surface area contributed by atoms with E-state index in [-0.39, 0.29) is 11.5 Å². The van der Waals surface area contributed by atoms with E-state index < -0.39 is 5.56 Å². The largest absolute Gasteiger partial charge is 0.394 e. The second-order valence-electron chi connectivity index (χ2n) is 4.13. The summed E-state index contributed by atoms with van der Waals surface area (Å²) in [6, 6.07) is 3.53. The van der Waals surface area contributed by atoms with Crippen LogP contribution in [0.1, 0.15) is 33.4 Å². The number of aryl methyl sites for hydroxylation is 1. The molecule has 0 spiro atoms. The maximum absolute atomic E-state index is 12.5. The number of aromatic nitrogens is 1. The van der Waals surface area contributed by atoms with Crippen molar-refractivity contribution >= 4 is 38.7 Å². The lowest BCUT2D eigenvalue weighted by Gasteiger charge is -2.11. The molecule has 0 aliphatic carbocycles. The molecule has 19 heavy (non-hydrogen) atoms. The molecule has 0 radical (unpaired) electrons. The predicted molar refractivity (Wildman–Crippen MR) is 81.0 cm³/mol. The first-order valence-electron chi connectivity index (χ1n) is 5.77. The van der Waals surface area contributed by atoms with Gasteiger partial charge in [0.2, 0.25) is 5.78 Å². The molecule has 0 atom stereocenters. The second kappa shape index (κ2) is 5.30. The first kappa shape index (κ1) is 14.0. The molecule has 2 heterocycles. The highest BCUT2D eigenvalue weighted by atomic mass is 79.9. The van der Waals surface area contributed by atoms with Crippen molar-refractivity contribution < 1.29 is 4.79 Å². The minimum Gasteiger partial charge on any atom is -0.394 e. The SMILES string of the molecule is CCc1c(C)[nH]c(=O)c(N)c1C(=O)c1ccc(Br)s1. The zero-order chi connectivity index (χ0) is 14.2. The first-order valence-corrected chi connectivity index (χ1v) is 7.37. The van der Waals surface area contributed by atoms with Crippen LogP contribution >= 0.6 is 27.3 Å². The highest BCUT2D eigenvalue weighted by molar-refractivity contribution is 9.11. The Bertz CT molecular complexity index is 703. The number of ketones is 1. The van der Waals surface area contributed by atoms with Crippen molar-refractivity contribution in [1.29, 1.82) is 0 Å². The Labute approximate surface area is 122 Å². The van der Waals surface area contributed by atoms with Gasteiger partial charge in [0.25, 0.3) is 5.56 Å². The van der Waals surface area contributed by atoms with Crippen LogP contribution in [0.3, 0.4) is 0 Å². The molecule has 0 fully saturated rings. The number of nitrogens with one attached hydrogen (secondary N) is 1. The number of thiophene rings is 1. The fourth-order valence-electron chi connectivity index (χ4n) is 2.04. The Kier molecular flexibility index (Phi) is 3.91. The molecule has 3 N–H and O–H groups in total. The molecular formula is C13H13BrN2O2S. The third kappa shape index (κ3) is 2.50. The van der Waals surface area contributed by atoms with Crippen molar-refractivity contribution in [2.45, 2.75) is 20.3 Å². The van der Waals surface area contributed by atoms with E-state index in [2.05, 4.69) is 20.9 Å². The van der Waals surface area contributed by atoms with Gasteiger partial charge in [-0.15, -0.1) is 11.3 Å². The quantitative estimate of drug-likeness (QED) is 0.843. The van der Waals surface area contributed by atoms with Gasteiger partial charge in [-0.05, 0) is 47.0 Å². The molecular weight excluding hydrogens is 328 g/mol. The summed E-state index contributed by atoms with van der Waals surface area (Å²) >= 11 is 4.65. The number of halogens is 1.